The van der Waals surface area contributed by atoms with Gasteiger partial charge < -0.3 is 5.32 Å². The number of hydrogen-bond acceptors (Lipinski definition) is 2. The number of carbonyl (C=O) groups excluding carboxylic acids is 2. The fourth-order valence-electron chi connectivity index (χ4n) is 3.74. The quantitative estimate of drug-likeness (QED) is 0.254. The van der Waals surface area contributed by atoms with Crippen LogP contribution in [0, 0.1) is 11.7 Å². The summed E-state index contributed by atoms with van der Waals surface area (Å²) < 4.78 is 12.1. The molecule has 4 rings (SSSR count). The van der Waals surface area contributed by atoms with Crippen LogP contribution in [-0.4, -0.2) is 16.0 Å². The van der Waals surface area contributed by atoms with Crippen LogP contribution in [0.3, 0.4) is 0 Å². The van der Waals surface area contributed by atoms with Gasteiger partial charge in [-0.05, 0) is 53.6 Å². The van der Waals surface area contributed by atoms with E-state index in [0.717, 1.165) is 0 Å². The average molecular weight is 546 g/mol. The second-order valence-corrected chi connectivity index (χ2v) is 10.4. The summed E-state index contributed by atoms with van der Waals surface area (Å²) in [5, 5.41) is 3.68. The van der Waals surface area contributed by atoms with E-state index in [0.29, 0.717) is 26.9 Å². The van der Waals surface area contributed by atoms with Crippen LogP contribution in [0.5, 0.6) is 0 Å². The average Bonchev–Trinajstić information content (AvgIpc) is 3.33. The Hall–Kier alpha value is -1.82. The Balaban J connectivity index is 1.50. The standard InChI is InChI=1S/C24H15Cl5FNO2/c25-17-7-5-15(11-16(17)20(32)9-12-2-1-3-14(30)8-12)31-23(33)22-21(24(22,28)29)13-4-6-18(26)19(27)10-13/h1-8,10-11,21-22H,9H2,(H,31,33). The Labute approximate surface area is 214 Å². The fraction of sp³-hybridized carbons (Fsp3) is 0.167. The molecular weight excluding hydrogens is 531 g/mol. The largest absolute Gasteiger partial charge is 0.326 e. The van der Waals surface area contributed by atoms with Gasteiger partial charge in [-0.1, -0.05) is 53.0 Å². The van der Waals surface area contributed by atoms with Gasteiger partial charge in [0.05, 0.1) is 21.0 Å². The van der Waals surface area contributed by atoms with Crippen molar-refractivity contribution in [3.63, 3.8) is 0 Å². The maximum Gasteiger partial charge on any atom is 0.231 e. The normalized spacial score (nSPS) is 18.6. The van der Waals surface area contributed by atoms with Gasteiger partial charge in [-0.3, -0.25) is 9.59 Å². The lowest BCUT2D eigenvalue weighted by Gasteiger charge is -2.09. The predicted molar refractivity (Wildman–Crippen MR) is 132 cm³/mol. The van der Waals surface area contributed by atoms with Crippen molar-refractivity contribution in [2.75, 3.05) is 5.32 Å². The van der Waals surface area contributed by atoms with Gasteiger partial charge in [-0.2, -0.15) is 0 Å². The molecule has 1 aliphatic carbocycles. The van der Waals surface area contributed by atoms with Crippen molar-refractivity contribution in [1.29, 1.82) is 0 Å². The van der Waals surface area contributed by atoms with E-state index in [-0.39, 0.29) is 22.8 Å². The Morgan fingerprint density at radius 3 is 2.33 bits per heavy atom. The molecule has 0 bridgehead atoms. The number of halogens is 6. The van der Waals surface area contributed by atoms with Gasteiger partial charge in [0.15, 0.2) is 5.78 Å². The summed E-state index contributed by atoms with van der Waals surface area (Å²) in [4.78, 5) is 25.7. The lowest BCUT2D eigenvalue weighted by molar-refractivity contribution is -0.117. The second-order valence-electron chi connectivity index (χ2n) is 7.72. The van der Waals surface area contributed by atoms with Crippen LogP contribution in [0.15, 0.2) is 60.7 Å². The number of amides is 1. The molecule has 2 unspecified atom stereocenters. The molecule has 1 N–H and O–H groups in total. The smallest absolute Gasteiger partial charge is 0.231 e. The maximum atomic E-state index is 13.4. The van der Waals surface area contributed by atoms with Gasteiger partial charge in [-0.15, -0.1) is 23.2 Å². The highest BCUT2D eigenvalue weighted by molar-refractivity contribution is 6.53. The second kappa shape index (κ2) is 9.44. The number of Topliss-reactive ketones (excluding diaryl/α,β-unsaturated/α-hetero) is 1. The summed E-state index contributed by atoms with van der Waals surface area (Å²) in [5.74, 6) is -2.37. The molecule has 0 radical (unpaired) electrons. The highest BCUT2D eigenvalue weighted by Gasteiger charge is 2.67. The number of benzene rings is 3. The number of carbonyl (C=O) groups is 2. The van der Waals surface area contributed by atoms with Crippen LogP contribution >= 0.6 is 58.0 Å². The van der Waals surface area contributed by atoms with Crippen molar-refractivity contribution in [3.8, 4) is 0 Å². The zero-order valence-electron chi connectivity index (χ0n) is 16.7. The lowest BCUT2D eigenvalue weighted by atomic mass is 10.0. The van der Waals surface area contributed by atoms with Crippen LogP contribution in [-0.2, 0) is 11.2 Å². The van der Waals surface area contributed by atoms with Crippen LogP contribution in [0.25, 0.3) is 0 Å². The van der Waals surface area contributed by atoms with Crippen molar-refractivity contribution in [3.05, 3.63) is 98.2 Å². The number of nitrogens with one attached hydrogen (secondary N) is 1. The van der Waals surface area contributed by atoms with E-state index >= 15 is 0 Å². The Bertz CT molecular complexity index is 1260. The molecule has 3 aromatic rings. The molecule has 170 valence electrons. The maximum absolute atomic E-state index is 13.4. The summed E-state index contributed by atoms with van der Waals surface area (Å²) in [5.41, 5.74) is 1.77. The molecule has 0 aromatic heterocycles. The molecule has 0 aliphatic heterocycles. The molecule has 0 saturated heterocycles. The third-order valence-electron chi connectivity index (χ3n) is 5.43. The van der Waals surface area contributed by atoms with Crippen molar-refractivity contribution in [2.24, 2.45) is 5.92 Å². The molecule has 0 spiro atoms. The van der Waals surface area contributed by atoms with Gasteiger partial charge in [0.25, 0.3) is 0 Å². The Morgan fingerprint density at radius 2 is 1.64 bits per heavy atom. The first-order chi connectivity index (χ1) is 15.6. The molecule has 1 aliphatic rings. The van der Waals surface area contributed by atoms with E-state index in [9.17, 15) is 14.0 Å². The third kappa shape index (κ3) is 5.16. The van der Waals surface area contributed by atoms with Gasteiger partial charge in [0, 0.05) is 23.6 Å². The topological polar surface area (TPSA) is 46.2 Å². The summed E-state index contributed by atoms with van der Waals surface area (Å²) in [7, 11) is 0. The summed E-state index contributed by atoms with van der Waals surface area (Å²) >= 11 is 31.0. The van der Waals surface area contributed by atoms with Crippen LogP contribution in [0.2, 0.25) is 15.1 Å². The minimum Gasteiger partial charge on any atom is -0.326 e. The van der Waals surface area contributed by atoms with E-state index < -0.39 is 27.9 Å². The van der Waals surface area contributed by atoms with Gasteiger partial charge in [0.1, 0.15) is 10.2 Å². The number of hydrogen-bond donors (Lipinski definition) is 1. The Morgan fingerprint density at radius 1 is 0.909 bits per heavy atom. The highest BCUT2D eigenvalue weighted by Crippen LogP contribution is 2.65. The predicted octanol–water partition coefficient (Wildman–Crippen LogP) is 7.74. The van der Waals surface area contributed by atoms with Gasteiger partial charge in [-0.25, -0.2) is 4.39 Å². The van der Waals surface area contributed by atoms with E-state index in [2.05, 4.69) is 5.32 Å². The summed E-state index contributed by atoms with van der Waals surface area (Å²) in [6, 6.07) is 15.3. The van der Waals surface area contributed by atoms with Gasteiger partial charge in [0.2, 0.25) is 5.91 Å². The zero-order chi connectivity index (χ0) is 23.9. The van der Waals surface area contributed by atoms with Crippen molar-refractivity contribution >= 4 is 75.4 Å². The molecule has 1 amide bonds. The number of ketones is 1. The lowest BCUT2D eigenvalue weighted by Crippen LogP contribution is -2.17. The van der Waals surface area contributed by atoms with Crippen molar-refractivity contribution in [2.45, 2.75) is 16.7 Å². The first kappa shape index (κ1) is 24.3. The van der Waals surface area contributed by atoms with E-state index in [4.69, 9.17) is 58.0 Å². The minimum absolute atomic E-state index is 0.0383. The number of rotatable bonds is 6. The summed E-state index contributed by atoms with van der Waals surface area (Å²) in [6.07, 6.45) is -0.0383. The van der Waals surface area contributed by atoms with Crippen LogP contribution in [0.4, 0.5) is 10.1 Å². The molecule has 0 heterocycles. The van der Waals surface area contributed by atoms with Crippen molar-refractivity contribution < 1.29 is 14.0 Å². The SMILES string of the molecule is O=C(Cc1cccc(F)c1)c1cc(NC(=O)C2C(c3ccc(Cl)c(Cl)c3)C2(Cl)Cl)ccc1Cl. The molecule has 33 heavy (non-hydrogen) atoms. The van der Waals surface area contributed by atoms with E-state index in [1.807, 2.05) is 0 Å². The van der Waals surface area contributed by atoms with Gasteiger partial charge >= 0.3 is 0 Å². The monoisotopic (exact) mass is 543 g/mol. The van der Waals surface area contributed by atoms with Crippen molar-refractivity contribution in [1.82, 2.24) is 0 Å². The third-order valence-corrected chi connectivity index (χ3v) is 7.44. The number of alkyl halides is 2. The molecule has 2 atom stereocenters. The molecule has 1 saturated carbocycles. The van der Waals surface area contributed by atoms with Crippen LogP contribution in [0.1, 0.15) is 27.4 Å². The highest BCUT2D eigenvalue weighted by atomic mass is 35.5. The van der Waals surface area contributed by atoms with Crippen LogP contribution < -0.4 is 5.32 Å². The number of anilines is 1. The first-order valence-electron chi connectivity index (χ1n) is 9.78. The molecule has 1 fully saturated rings. The zero-order valence-corrected chi connectivity index (χ0v) is 20.5. The molecule has 3 aromatic carbocycles. The molecule has 3 nitrogen and oxygen atoms in total. The minimum atomic E-state index is -1.32. The first-order valence-corrected chi connectivity index (χ1v) is 11.7. The van der Waals surface area contributed by atoms with E-state index in [1.165, 1.54) is 30.3 Å². The Kier molecular flexibility index (Phi) is 6.95. The fourth-order valence-corrected chi connectivity index (χ4v) is 5.10. The van der Waals surface area contributed by atoms with E-state index in [1.54, 1.807) is 30.3 Å². The molecular formula is C24H15Cl5FNO2. The molecule has 9 heteroatoms. The summed E-state index contributed by atoms with van der Waals surface area (Å²) in [6.45, 7) is 0.